The number of halogens is 4. The van der Waals surface area contributed by atoms with Crippen LogP contribution in [0.1, 0.15) is 12.5 Å². The molecule has 0 aliphatic heterocycles. The third kappa shape index (κ3) is 3.66. The van der Waals surface area contributed by atoms with E-state index in [1.807, 2.05) is 0 Å². The van der Waals surface area contributed by atoms with Crippen molar-refractivity contribution < 1.29 is 31.5 Å². The van der Waals surface area contributed by atoms with Gasteiger partial charge < -0.3 is 5.11 Å². The van der Waals surface area contributed by atoms with E-state index >= 15 is 0 Å². The van der Waals surface area contributed by atoms with E-state index in [1.165, 1.54) is 0 Å². The van der Waals surface area contributed by atoms with Crippen molar-refractivity contribution in [1.29, 1.82) is 0 Å². The molecule has 1 rings (SSSR count). The molecule has 0 aromatic heterocycles. The summed E-state index contributed by atoms with van der Waals surface area (Å²) < 4.78 is 62.9. The van der Waals surface area contributed by atoms with Gasteiger partial charge in [-0.05, 0) is 25.1 Å². The molecule has 0 saturated heterocycles. The smallest absolute Gasteiger partial charge is 0.417 e. The number of aliphatic carboxylic acids is 1. The Bertz CT molecular complexity index is 660. The van der Waals surface area contributed by atoms with Gasteiger partial charge in [0.05, 0.1) is 15.5 Å². The Morgan fingerprint density at radius 3 is 2.33 bits per heavy atom. The first-order valence-corrected chi connectivity index (χ1v) is 7.28. The number of likely N-dealkylation sites (N-methyl/N-ethyl adjacent to an activating group) is 1. The minimum atomic E-state index is -4.82. The van der Waals surface area contributed by atoms with Gasteiger partial charge in [-0.25, -0.2) is 8.42 Å². The van der Waals surface area contributed by atoms with Gasteiger partial charge in [-0.15, -0.1) is 0 Å². The maximum Gasteiger partial charge on any atom is 0.417 e. The van der Waals surface area contributed by atoms with Crippen LogP contribution in [-0.4, -0.2) is 36.9 Å². The standard InChI is InChI=1S/C11H11ClF3NO4S/c1-6(10(17)18)16(2)21(19,20)7-3-4-9(12)8(5-7)11(13,14)15/h3-6H,1-2H3,(H,17,18). The maximum atomic E-state index is 12.7. The quantitative estimate of drug-likeness (QED) is 0.909. The summed E-state index contributed by atoms with van der Waals surface area (Å²) in [4.78, 5) is 10.1. The number of carboxylic acid groups (broad SMARTS) is 1. The summed E-state index contributed by atoms with van der Waals surface area (Å²) in [5.41, 5.74) is -1.30. The molecule has 1 aromatic carbocycles. The number of nitrogens with zero attached hydrogens (tertiary/aromatic N) is 1. The summed E-state index contributed by atoms with van der Waals surface area (Å²) in [5, 5.41) is 8.14. The van der Waals surface area contributed by atoms with E-state index in [9.17, 15) is 26.4 Å². The van der Waals surface area contributed by atoms with E-state index in [2.05, 4.69) is 0 Å². The molecule has 0 aliphatic carbocycles. The van der Waals surface area contributed by atoms with Gasteiger partial charge in [0.1, 0.15) is 6.04 Å². The molecule has 0 bridgehead atoms. The van der Waals surface area contributed by atoms with Gasteiger partial charge in [0.15, 0.2) is 0 Å². The van der Waals surface area contributed by atoms with Gasteiger partial charge in [0, 0.05) is 7.05 Å². The highest BCUT2D eigenvalue weighted by atomic mass is 35.5. The summed E-state index contributed by atoms with van der Waals surface area (Å²) in [6.07, 6.45) is -4.82. The summed E-state index contributed by atoms with van der Waals surface area (Å²) in [5.74, 6) is -1.42. The molecular formula is C11H11ClF3NO4S. The highest BCUT2D eigenvalue weighted by Crippen LogP contribution is 2.36. The van der Waals surface area contributed by atoms with Crippen molar-refractivity contribution in [3.63, 3.8) is 0 Å². The molecule has 1 atom stereocenters. The van der Waals surface area contributed by atoms with Crippen molar-refractivity contribution in [1.82, 2.24) is 4.31 Å². The molecule has 0 saturated carbocycles. The van der Waals surface area contributed by atoms with Crippen molar-refractivity contribution >= 4 is 27.6 Å². The van der Waals surface area contributed by atoms with Crippen LogP contribution in [0.4, 0.5) is 13.2 Å². The fourth-order valence-electron chi connectivity index (χ4n) is 1.41. The van der Waals surface area contributed by atoms with Crippen LogP contribution in [0, 0.1) is 0 Å². The van der Waals surface area contributed by atoms with Gasteiger partial charge in [-0.1, -0.05) is 11.6 Å². The van der Waals surface area contributed by atoms with Crippen molar-refractivity contribution in [3.8, 4) is 0 Å². The van der Waals surface area contributed by atoms with E-state index in [0.29, 0.717) is 10.4 Å². The van der Waals surface area contributed by atoms with Gasteiger partial charge in [0.2, 0.25) is 10.0 Å². The molecule has 0 amide bonds. The molecule has 0 radical (unpaired) electrons. The minimum Gasteiger partial charge on any atom is -0.480 e. The molecule has 118 valence electrons. The van der Waals surface area contributed by atoms with Gasteiger partial charge >= 0.3 is 12.1 Å². The molecule has 0 aliphatic rings. The first-order chi connectivity index (χ1) is 9.39. The van der Waals surface area contributed by atoms with E-state index < -0.39 is 43.7 Å². The summed E-state index contributed by atoms with van der Waals surface area (Å²) in [6.45, 7) is 1.10. The lowest BCUT2D eigenvalue weighted by molar-refractivity contribution is -0.140. The van der Waals surface area contributed by atoms with Crippen LogP contribution in [0.15, 0.2) is 23.1 Å². The normalized spacial score (nSPS) is 14.2. The Labute approximate surface area is 124 Å². The Hall–Kier alpha value is -1.32. The molecule has 10 heteroatoms. The molecule has 0 heterocycles. The first-order valence-electron chi connectivity index (χ1n) is 5.46. The zero-order chi connectivity index (χ0) is 16.6. The van der Waals surface area contributed by atoms with E-state index in [0.717, 1.165) is 26.1 Å². The number of alkyl halides is 3. The van der Waals surface area contributed by atoms with E-state index in [4.69, 9.17) is 16.7 Å². The average molecular weight is 346 g/mol. The molecule has 0 spiro atoms. The fourth-order valence-corrected chi connectivity index (χ4v) is 2.98. The largest absolute Gasteiger partial charge is 0.480 e. The zero-order valence-electron chi connectivity index (χ0n) is 10.8. The van der Waals surface area contributed by atoms with Gasteiger partial charge in [-0.3, -0.25) is 4.79 Å². The monoisotopic (exact) mass is 345 g/mol. The third-order valence-corrected chi connectivity index (χ3v) is 5.08. The van der Waals surface area contributed by atoms with Crippen molar-refractivity contribution in [2.45, 2.75) is 24.0 Å². The van der Waals surface area contributed by atoms with E-state index in [1.54, 1.807) is 0 Å². The number of hydrogen-bond donors (Lipinski definition) is 1. The van der Waals surface area contributed by atoms with Crippen LogP contribution >= 0.6 is 11.6 Å². The number of benzene rings is 1. The lowest BCUT2D eigenvalue weighted by Crippen LogP contribution is -2.40. The molecule has 21 heavy (non-hydrogen) atoms. The highest BCUT2D eigenvalue weighted by molar-refractivity contribution is 7.89. The van der Waals surface area contributed by atoms with Crippen LogP contribution in [0.25, 0.3) is 0 Å². The fraction of sp³-hybridized carbons (Fsp3) is 0.364. The van der Waals surface area contributed by atoms with Gasteiger partial charge in [-0.2, -0.15) is 17.5 Å². The maximum absolute atomic E-state index is 12.7. The molecule has 1 N–H and O–H groups in total. The summed E-state index contributed by atoms with van der Waals surface area (Å²) in [7, 11) is -3.42. The van der Waals surface area contributed by atoms with Gasteiger partial charge in [0.25, 0.3) is 0 Å². The minimum absolute atomic E-state index is 0.378. The SMILES string of the molecule is CC(C(=O)O)N(C)S(=O)(=O)c1ccc(Cl)c(C(F)(F)F)c1. The Morgan fingerprint density at radius 1 is 1.38 bits per heavy atom. The number of hydrogen-bond acceptors (Lipinski definition) is 3. The topological polar surface area (TPSA) is 74.7 Å². The molecular weight excluding hydrogens is 335 g/mol. The lowest BCUT2D eigenvalue weighted by Gasteiger charge is -2.21. The number of carbonyl (C=O) groups is 1. The Balaban J connectivity index is 3.37. The van der Waals surface area contributed by atoms with E-state index in [-0.39, 0.29) is 0 Å². The van der Waals surface area contributed by atoms with Crippen LogP contribution in [-0.2, 0) is 21.0 Å². The predicted octanol–water partition coefficient (Wildman–Crippen LogP) is 2.45. The van der Waals surface area contributed by atoms with Crippen molar-refractivity contribution in [2.24, 2.45) is 0 Å². The van der Waals surface area contributed by atoms with Crippen LogP contribution in [0.5, 0.6) is 0 Å². The summed E-state index contributed by atoms with van der Waals surface area (Å²) >= 11 is 5.40. The molecule has 5 nitrogen and oxygen atoms in total. The molecule has 0 fully saturated rings. The molecule has 1 unspecified atom stereocenters. The molecule has 1 aromatic rings. The number of sulfonamides is 1. The second kappa shape index (κ2) is 5.82. The third-order valence-electron chi connectivity index (χ3n) is 2.82. The highest BCUT2D eigenvalue weighted by Gasteiger charge is 2.36. The number of rotatable bonds is 4. The number of carboxylic acids is 1. The predicted molar refractivity (Wildman–Crippen MR) is 68.5 cm³/mol. The first kappa shape index (κ1) is 17.7. The second-order valence-corrected chi connectivity index (χ2v) is 6.58. The van der Waals surface area contributed by atoms with Crippen molar-refractivity contribution in [2.75, 3.05) is 7.05 Å². The Morgan fingerprint density at radius 2 is 1.90 bits per heavy atom. The lowest BCUT2D eigenvalue weighted by atomic mass is 10.2. The van der Waals surface area contributed by atoms with Crippen molar-refractivity contribution in [3.05, 3.63) is 28.8 Å². The van der Waals surface area contributed by atoms with Crippen LogP contribution in [0.3, 0.4) is 0 Å². The van der Waals surface area contributed by atoms with Crippen LogP contribution < -0.4 is 0 Å². The second-order valence-electron chi connectivity index (χ2n) is 4.17. The summed E-state index contributed by atoms with van der Waals surface area (Å²) in [6, 6.07) is 0.636. The Kier molecular flexibility index (Phi) is 4.91. The van der Waals surface area contributed by atoms with Crippen LogP contribution in [0.2, 0.25) is 5.02 Å². The average Bonchev–Trinajstić information content (AvgIpc) is 2.35. The zero-order valence-corrected chi connectivity index (χ0v) is 12.4.